The minimum Gasteiger partial charge on any atom is -0.496 e. The molecule has 0 amide bonds. The number of benzene rings is 3. The van der Waals surface area contributed by atoms with Crippen LogP contribution in [0.1, 0.15) is 12.8 Å². The first-order valence-corrected chi connectivity index (χ1v) is 17.6. The highest BCUT2D eigenvalue weighted by Gasteiger charge is 2.25. The van der Waals surface area contributed by atoms with Gasteiger partial charge in [0.1, 0.15) is 27.4 Å². The summed E-state index contributed by atoms with van der Waals surface area (Å²) in [6.07, 6.45) is 0.626. The maximum atomic E-state index is 14.0. The molecule has 0 unspecified atom stereocenters. The molecule has 49 heavy (non-hydrogen) atoms. The Labute approximate surface area is 293 Å². The third kappa shape index (κ3) is 7.84. The molecular formula is C32H31BrN2O12S2. The first kappa shape index (κ1) is 35.7. The number of fused-ring (bicyclic) bond motifs is 1. The molecule has 0 aliphatic rings. The molecule has 260 valence electrons. The molecule has 14 nitrogen and oxygen atoms in total. The van der Waals surface area contributed by atoms with Crippen molar-refractivity contribution >= 4 is 48.8 Å². The lowest BCUT2D eigenvalue weighted by Gasteiger charge is -2.17. The number of hydrogen-bond acceptors (Lipinski definition) is 15. The molecule has 0 aliphatic heterocycles. The number of halogens is 1. The van der Waals surface area contributed by atoms with E-state index in [0.29, 0.717) is 51.6 Å². The van der Waals surface area contributed by atoms with Crippen molar-refractivity contribution in [1.29, 1.82) is 0 Å². The van der Waals surface area contributed by atoms with E-state index in [-0.39, 0.29) is 45.0 Å². The highest BCUT2D eigenvalue weighted by atomic mass is 79.9. The van der Waals surface area contributed by atoms with Crippen LogP contribution in [0.25, 0.3) is 22.3 Å². The molecule has 5 aromatic rings. The molecule has 0 bridgehead atoms. The Morgan fingerprint density at radius 1 is 0.816 bits per heavy atom. The van der Waals surface area contributed by atoms with Crippen LogP contribution in [0.2, 0.25) is 0 Å². The van der Waals surface area contributed by atoms with Crippen LogP contribution in [0.5, 0.6) is 40.6 Å². The van der Waals surface area contributed by atoms with E-state index in [4.69, 9.17) is 41.4 Å². The lowest BCUT2D eigenvalue weighted by Crippen LogP contribution is -2.12. The van der Waals surface area contributed by atoms with Gasteiger partial charge in [0.2, 0.25) is 16.9 Å². The van der Waals surface area contributed by atoms with E-state index in [0.717, 1.165) is 0 Å². The lowest BCUT2D eigenvalue weighted by molar-refractivity contribution is 0.301. The summed E-state index contributed by atoms with van der Waals surface area (Å²) in [5.41, 5.74) is 0.215. The number of unbranched alkanes of at least 4 members (excludes halogenated alkanes) is 1. The van der Waals surface area contributed by atoms with Gasteiger partial charge in [-0.2, -0.15) is 8.42 Å². The predicted molar refractivity (Wildman–Crippen MR) is 182 cm³/mol. The number of hydrogen-bond donors (Lipinski definition) is 0. The van der Waals surface area contributed by atoms with E-state index >= 15 is 0 Å². The zero-order chi connectivity index (χ0) is 35.1. The molecule has 0 radical (unpaired) electrons. The van der Waals surface area contributed by atoms with Crippen LogP contribution in [-0.4, -0.2) is 66.5 Å². The number of rotatable bonds is 16. The maximum absolute atomic E-state index is 14.0. The van der Waals surface area contributed by atoms with Crippen LogP contribution in [0, 0.1) is 0 Å². The van der Waals surface area contributed by atoms with Gasteiger partial charge < -0.3 is 41.4 Å². The van der Waals surface area contributed by atoms with Crippen LogP contribution >= 0.6 is 27.7 Å². The highest BCUT2D eigenvalue weighted by molar-refractivity contribution is 9.10. The quantitative estimate of drug-likeness (QED) is 0.0615. The highest BCUT2D eigenvalue weighted by Crippen LogP contribution is 2.44. The zero-order valence-electron chi connectivity index (χ0n) is 26.9. The van der Waals surface area contributed by atoms with E-state index < -0.39 is 21.6 Å². The van der Waals surface area contributed by atoms with Crippen LogP contribution in [0.3, 0.4) is 0 Å². The van der Waals surface area contributed by atoms with E-state index in [1.165, 1.54) is 53.4 Å². The number of methoxy groups -OCH3 is 5. The average Bonchev–Trinajstić information content (AvgIpc) is 3.55. The molecule has 0 saturated heterocycles. The molecule has 2 heterocycles. The normalized spacial score (nSPS) is 11.3. The molecular weight excluding hydrogens is 748 g/mol. The van der Waals surface area contributed by atoms with Crippen molar-refractivity contribution in [2.24, 2.45) is 0 Å². The first-order valence-electron chi connectivity index (χ1n) is 14.4. The van der Waals surface area contributed by atoms with Crippen LogP contribution in [-0.2, 0) is 10.1 Å². The van der Waals surface area contributed by atoms with Crippen molar-refractivity contribution in [3.8, 4) is 51.9 Å². The Balaban J connectivity index is 1.32. The minimum absolute atomic E-state index is 0.0390. The fourth-order valence-electron chi connectivity index (χ4n) is 4.67. The van der Waals surface area contributed by atoms with Crippen molar-refractivity contribution in [3.05, 3.63) is 63.2 Å². The van der Waals surface area contributed by atoms with Crippen molar-refractivity contribution in [2.75, 3.05) is 47.9 Å². The molecule has 0 fully saturated rings. The summed E-state index contributed by atoms with van der Waals surface area (Å²) in [4.78, 5) is 13.9. The van der Waals surface area contributed by atoms with E-state index in [9.17, 15) is 13.2 Å². The van der Waals surface area contributed by atoms with Gasteiger partial charge in [0, 0.05) is 27.9 Å². The number of aromatic nitrogens is 2. The lowest BCUT2D eigenvalue weighted by atomic mass is 10.1. The molecule has 0 atom stereocenters. The van der Waals surface area contributed by atoms with E-state index in [1.54, 1.807) is 42.5 Å². The van der Waals surface area contributed by atoms with Crippen molar-refractivity contribution < 1.29 is 49.9 Å². The van der Waals surface area contributed by atoms with Gasteiger partial charge in [0.05, 0.1) is 42.2 Å². The summed E-state index contributed by atoms with van der Waals surface area (Å²) in [6, 6.07) is 12.7. The topological polar surface area (TPSA) is 168 Å². The third-order valence-electron chi connectivity index (χ3n) is 6.96. The summed E-state index contributed by atoms with van der Waals surface area (Å²) >= 11 is 4.40. The molecule has 2 aromatic heterocycles. The van der Waals surface area contributed by atoms with Crippen molar-refractivity contribution in [3.63, 3.8) is 0 Å². The summed E-state index contributed by atoms with van der Waals surface area (Å²) in [7, 11) is 3.21. The molecule has 0 aliphatic carbocycles. The summed E-state index contributed by atoms with van der Waals surface area (Å²) in [6.45, 7) is 0.148. The molecule has 3 aromatic carbocycles. The largest absolute Gasteiger partial charge is 0.496 e. The maximum Gasteiger partial charge on any atom is 0.431 e. The van der Waals surface area contributed by atoms with E-state index in [1.807, 2.05) is 0 Å². The SMILES string of the molecule is COc1cc(OC)c2c(=O)c(OCCCCSc3nnc(OS(=O)(=O)c4ccccc4Br)o3)c(-c3cc(OC)c(OC)c(OC)c3)oc2c1. The van der Waals surface area contributed by atoms with Gasteiger partial charge in [-0.1, -0.05) is 34.1 Å². The summed E-state index contributed by atoms with van der Waals surface area (Å²) in [5, 5.41) is 7.83. The number of ether oxygens (including phenoxy) is 6. The Morgan fingerprint density at radius 3 is 2.18 bits per heavy atom. The van der Waals surface area contributed by atoms with Gasteiger partial charge in [-0.05, 0) is 53.0 Å². The second-order valence-corrected chi connectivity index (χ2v) is 13.3. The Kier molecular flexibility index (Phi) is 11.5. The molecule has 5 rings (SSSR count). The smallest absolute Gasteiger partial charge is 0.431 e. The molecule has 0 saturated carbocycles. The summed E-state index contributed by atoms with van der Waals surface area (Å²) < 4.78 is 75.6. The van der Waals surface area contributed by atoms with Crippen LogP contribution < -0.4 is 38.0 Å². The fraction of sp³-hybridized carbons (Fsp3) is 0.281. The minimum atomic E-state index is -4.19. The van der Waals surface area contributed by atoms with Crippen molar-refractivity contribution in [2.45, 2.75) is 23.0 Å². The van der Waals surface area contributed by atoms with Gasteiger partial charge in [-0.25, -0.2) is 0 Å². The molecule has 0 spiro atoms. The fourth-order valence-corrected chi connectivity index (χ4v) is 7.20. The average molecular weight is 780 g/mol. The molecule has 17 heteroatoms. The van der Waals surface area contributed by atoms with Gasteiger partial charge in [-0.3, -0.25) is 4.79 Å². The first-order chi connectivity index (χ1) is 23.6. The predicted octanol–water partition coefficient (Wildman–Crippen LogP) is 6.37. The molecule has 0 N–H and O–H groups in total. The Hall–Kier alpha value is -4.61. The third-order valence-corrected chi connectivity index (χ3v) is 10.1. The monoisotopic (exact) mass is 778 g/mol. The van der Waals surface area contributed by atoms with E-state index in [2.05, 4.69) is 26.1 Å². The number of thioether (sulfide) groups is 1. The van der Waals surface area contributed by atoms with Gasteiger partial charge in [-0.15, -0.1) is 0 Å². The second kappa shape index (κ2) is 15.7. The second-order valence-electron chi connectivity index (χ2n) is 9.91. The van der Waals surface area contributed by atoms with Crippen LogP contribution in [0.4, 0.5) is 0 Å². The van der Waals surface area contributed by atoms with Gasteiger partial charge >= 0.3 is 16.2 Å². The van der Waals surface area contributed by atoms with Crippen LogP contribution in [0.15, 0.2) is 76.8 Å². The summed E-state index contributed by atoms with van der Waals surface area (Å²) in [5.74, 6) is 2.37. The standard InChI is InChI=1S/C32H31BrN2O12S2/c1-39-19-16-21(40-2)26-22(17-19)45-28(18-14-23(41-3)29(43-5)24(15-18)42-4)30(27(26)36)44-12-8-9-13-48-32-35-34-31(46-32)47-49(37,38)25-11-7-6-10-20(25)33/h6-7,10-11,14-17H,8-9,12-13H2,1-5H3. The van der Waals surface area contributed by atoms with Gasteiger partial charge in [0.15, 0.2) is 17.3 Å². The zero-order valence-corrected chi connectivity index (χ0v) is 30.2. The van der Waals surface area contributed by atoms with Crippen molar-refractivity contribution in [1.82, 2.24) is 10.2 Å². The Morgan fingerprint density at radius 2 is 1.53 bits per heavy atom. The Bertz CT molecular complexity index is 2090. The number of nitrogens with zero attached hydrogens (tertiary/aromatic N) is 2. The van der Waals surface area contributed by atoms with Gasteiger partial charge in [0.25, 0.3) is 5.22 Å².